The lowest BCUT2D eigenvalue weighted by Gasteiger charge is -2.04. The summed E-state index contributed by atoms with van der Waals surface area (Å²) in [5, 5.41) is 6.30. The molecule has 1 aromatic heterocycles. The molecule has 0 bridgehead atoms. The van der Waals surface area contributed by atoms with Crippen LogP contribution in [0.15, 0.2) is 12.5 Å². The van der Waals surface area contributed by atoms with E-state index in [4.69, 9.17) is 0 Å². The number of unbranched alkanes of at least 4 members (excludes halogenated alkanes) is 1. The van der Waals surface area contributed by atoms with Crippen molar-refractivity contribution in [2.75, 3.05) is 6.54 Å². The summed E-state index contributed by atoms with van der Waals surface area (Å²) in [6.07, 6.45) is 8.35. The minimum atomic E-state index is 0.0579. The van der Waals surface area contributed by atoms with Crippen LogP contribution in [0, 0.1) is 0 Å². The van der Waals surface area contributed by atoms with Gasteiger partial charge in [-0.05, 0) is 19.3 Å². The third-order valence-corrected chi connectivity index (χ3v) is 3.01. The number of imidazole rings is 1. The zero-order valence-corrected chi connectivity index (χ0v) is 11.0. The lowest BCUT2D eigenvalue weighted by Crippen LogP contribution is -2.27. The van der Waals surface area contributed by atoms with Gasteiger partial charge in [-0.1, -0.05) is 13.3 Å². The minimum Gasteiger partial charge on any atom is -0.355 e. The summed E-state index contributed by atoms with van der Waals surface area (Å²) in [7, 11) is 0. The van der Waals surface area contributed by atoms with Crippen molar-refractivity contribution in [2.24, 2.45) is 0 Å². The van der Waals surface area contributed by atoms with Crippen molar-refractivity contribution >= 4 is 5.91 Å². The van der Waals surface area contributed by atoms with Crippen LogP contribution in [0.4, 0.5) is 0 Å². The molecule has 1 amide bonds. The molecule has 1 saturated carbocycles. The molecule has 1 aromatic rings. The maximum atomic E-state index is 11.6. The Morgan fingerprint density at radius 1 is 1.56 bits per heavy atom. The van der Waals surface area contributed by atoms with Crippen LogP contribution in [0.25, 0.3) is 0 Å². The van der Waals surface area contributed by atoms with E-state index in [1.807, 2.05) is 10.8 Å². The molecule has 1 heterocycles. The van der Waals surface area contributed by atoms with Crippen LogP contribution in [0.2, 0.25) is 0 Å². The maximum Gasteiger partial charge on any atom is 0.239 e. The Balaban J connectivity index is 1.69. The van der Waals surface area contributed by atoms with E-state index in [-0.39, 0.29) is 5.91 Å². The highest BCUT2D eigenvalue weighted by Crippen LogP contribution is 2.18. The van der Waals surface area contributed by atoms with Crippen molar-refractivity contribution in [1.29, 1.82) is 0 Å². The van der Waals surface area contributed by atoms with Gasteiger partial charge in [-0.2, -0.15) is 0 Å². The first kappa shape index (κ1) is 13.1. The van der Waals surface area contributed by atoms with Gasteiger partial charge in [0.05, 0.1) is 12.0 Å². The van der Waals surface area contributed by atoms with E-state index in [2.05, 4.69) is 22.5 Å². The molecular weight excluding hydrogens is 228 g/mol. The van der Waals surface area contributed by atoms with Gasteiger partial charge in [-0.3, -0.25) is 4.79 Å². The molecule has 2 N–H and O–H groups in total. The number of carbonyl (C=O) groups excluding carboxylic acids is 1. The molecular formula is C13H22N4O. The molecule has 0 saturated heterocycles. The molecule has 1 aliphatic rings. The maximum absolute atomic E-state index is 11.6. The van der Waals surface area contributed by atoms with E-state index >= 15 is 0 Å². The Hall–Kier alpha value is -1.36. The smallest absolute Gasteiger partial charge is 0.239 e. The monoisotopic (exact) mass is 250 g/mol. The second-order valence-electron chi connectivity index (χ2n) is 4.90. The Kier molecular flexibility index (Phi) is 4.75. The lowest BCUT2D eigenvalue weighted by molar-refractivity contribution is -0.121. The number of aromatic nitrogens is 2. The predicted octanol–water partition coefficient (Wildman–Crippen LogP) is 1.05. The fourth-order valence-corrected chi connectivity index (χ4v) is 1.75. The number of rotatable bonds is 8. The number of hydrogen-bond acceptors (Lipinski definition) is 3. The Labute approximate surface area is 108 Å². The van der Waals surface area contributed by atoms with E-state index in [1.165, 1.54) is 12.8 Å². The Bertz CT molecular complexity index is 384. The number of hydrogen-bond donors (Lipinski definition) is 2. The highest BCUT2D eigenvalue weighted by atomic mass is 16.1. The normalized spacial score (nSPS) is 14.7. The van der Waals surface area contributed by atoms with Crippen LogP contribution >= 0.6 is 0 Å². The number of amides is 1. The molecule has 1 fully saturated rings. The molecule has 1 aliphatic carbocycles. The molecule has 0 aromatic carbocycles. The molecule has 0 spiro atoms. The average Bonchev–Trinajstić information content (AvgIpc) is 3.08. The highest BCUT2D eigenvalue weighted by Gasteiger charge is 2.20. The zero-order chi connectivity index (χ0) is 12.8. The summed E-state index contributed by atoms with van der Waals surface area (Å²) in [4.78, 5) is 15.9. The standard InChI is InChI=1S/C13H22N4O/c1-2-3-6-14-13(18)9-17-8-12(16-10-17)7-15-11-4-5-11/h8,10-11,15H,2-7,9H2,1H3,(H,14,18). The average molecular weight is 250 g/mol. The summed E-state index contributed by atoms with van der Waals surface area (Å²) in [5.74, 6) is 0.0579. The summed E-state index contributed by atoms with van der Waals surface area (Å²) < 4.78 is 1.84. The molecule has 0 atom stereocenters. The van der Waals surface area contributed by atoms with Gasteiger partial charge in [0.15, 0.2) is 0 Å². The quantitative estimate of drug-likeness (QED) is 0.678. The van der Waals surface area contributed by atoms with Crippen molar-refractivity contribution in [3.63, 3.8) is 0 Å². The third-order valence-electron chi connectivity index (χ3n) is 3.01. The molecule has 100 valence electrons. The highest BCUT2D eigenvalue weighted by molar-refractivity contribution is 5.75. The second kappa shape index (κ2) is 6.54. The number of nitrogens with one attached hydrogen (secondary N) is 2. The van der Waals surface area contributed by atoms with Crippen LogP contribution in [0.1, 0.15) is 38.3 Å². The van der Waals surface area contributed by atoms with Crippen molar-refractivity contribution < 1.29 is 4.79 Å². The summed E-state index contributed by atoms with van der Waals surface area (Å²) in [5.41, 5.74) is 1.00. The molecule has 5 nitrogen and oxygen atoms in total. The molecule has 5 heteroatoms. The van der Waals surface area contributed by atoms with E-state index < -0.39 is 0 Å². The van der Waals surface area contributed by atoms with Crippen LogP contribution in [0.5, 0.6) is 0 Å². The van der Waals surface area contributed by atoms with Gasteiger partial charge in [-0.25, -0.2) is 4.98 Å². The fraction of sp³-hybridized carbons (Fsp3) is 0.692. The summed E-state index contributed by atoms with van der Waals surface area (Å²) in [6, 6.07) is 0.687. The van der Waals surface area contributed by atoms with E-state index in [0.29, 0.717) is 12.6 Å². The SMILES string of the molecule is CCCCNC(=O)Cn1cnc(CNC2CC2)c1. The topological polar surface area (TPSA) is 59.0 Å². The van der Waals surface area contributed by atoms with Gasteiger partial charge >= 0.3 is 0 Å². The predicted molar refractivity (Wildman–Crippen MR) is 70.0 cm³/mol. The van der Waals surface area contributed by atoms with Crippen LogP contribution in [-0.4, -0.2) is 28.0 Å². The Morgan fingerprint density at radius 2 is 2.39 bits per heavy atom. The van der Waals surface area contributed by atoms with Gasteiger partial charge in [0, 0.05) is 25.3 Å². The minimum absolute atomic E-state index is 0.0579. The van der Waals surface area contributed by atoms with Crippen LogP contribution in [-0.2, 0) is 17.9 Å². The Morgan fingerprint density at radius 3 is 3.11 bits per heavy atom. The zero-order valence-electron chi connectivity index (χ0n) is 11.0. The van der Waals surface area contributed by atoms with Crippen molar-refractivity contribution in [2.45, 2.75) is 51.7 Å². The van der Waals surface area contributed by atoms with Gasteiger partial charge in [0.2, 0.25) is 5.91 Å². The molecule has 0 unspecified atom stereocenters. The van der Waals surface area contributed by atoms with E-state index in [9.17, 15) is 4.79 Å². The largest absolute Gasteiger partial charge is 0.355 e. The third kappa shape index (κ3) is 4.49. The van der Waals surface area contributed by atoms with Gasteiger partial charge in [0.1, 0.15) is 6.54 Å². The van der Waals surface area contributed by atoms with Crippen LogP contribution < -0.4 is 10.6 Å². The van der Waals surface area contributed by atoms with Crippen molar-refractivity contribution in [1.82, 2.24) is 20.2 Å². The first-order chi connectivity index (χ1) is 8.78. The molecule has 2 rings (SSSR count). The second-order valence-corrected chi connectivity index (χ2v) is 4.90. The molecule has 0 aliphatic heterocycles. The first-order valence-corrected chi connectivity index (χ1v) is 6.78. The van der Waals surface area contributed by atoms with E-state index in [1.54, 1.807) is 6.33 Å². The molecule has 0 radical (unpaired) electrons. The van der Waals surface area contributed by atoms with Gasteiger partial charge in [-0.15, -0.1) is 0 Å². The lowest BCUT2D eigenvalue weighted by atomic mass is 10.3. The number of carbonyl (C=O) groups is 1. The van der Waals surface area contributed by atoms with Crippen LogP contribution in [0.3, 0.4) is 0 Å². The molecule has 18 heavy (non-hydrogen) atoms. The van der Waals surface area contributed by atoms with E-state index in [0.717, 1.165) is 31.6 Å². The fourth-order valence-electron chi connectivity index (χ4n) is 1.75. The summed E-state index contributed by atoms with van der Waals surface area (Å²) in [6.45, 7) is 4.04. The van der Waals surface area contributed by atoms with Gasteiger partial charge < -0.3 is 15.2 Å². The first-order valence-electron chi connectivity index (χ1n) is 6.78. The van der Waals surface area contributed by atoms with Crippen molar-refractivity contribution in [3.8, 4) is 0 Å². The van der Waals surface area contributed by atoms with Gasteiger partial charge in [0.25, 0.3) is 0 Å². The number of nitrogens with zero attached hydrogens (tertiary/aromatic N) is 2. The van der Waals surface area contributed by atoms with Crippen molar-refractivity contribution in [3.05, 3.63) is 18.2 Å². The summed E-state index contributed by atoms with van der Waals surface area (Å²) >= 11 is 0.